The molecule has 7 nitrogen and oxygen atoms in total. The zero-order chi connectivity index (χ0) is 23.1. The van der Waals surface area contributed by atoms with Crippen molar-refractivity contribution in [3.05, 3.63) is 12.2 Å². The van der Waals surface area contributed by atoms with Crippen LogP contribution in [0.5, 0.6) is 0 Å². The molecule has 9 atom stereocenters. The van der Waals surface area contributed by atoms with Gasteiger partial charge in [-0.15, -0.1) is 0 Å². The summed E-state index contributed by atoms with van der Waals surface area (Å²) in [6.45, 7) is 12.9. The van der Waals surface area contributed by atoms with Crippen LogP contribution in [0.25, 0.3) is 0 Å². The molecule has 0 aromatic heterocycles. The Hall–Kier alpha value is -1.73. The molecule has 0 amide bonds. The molecule has 0 aromatic carbocycles. The maximum absolute atomic E-state index is 13.6. The summed E-state index contributed by atoms with van der Waals surface area (Å²) in [4.78, 5) is 37.7. The Balaban J connectivity index is 1.97. The highest BCUT2D eigenvalue weighted by molar-refractivity contribution is 6.04. The molecule has 172 valence electrons. The largest absolute Gasteiger partial charge is 0.462 e. The number of rotatable bonds is 2. The molecule has 2 bridgehead atoms. The van der Waals surface area contributed by atoms with Crippen LogP contribution in [0.2, 0.25) is 0 Å². The van der Waals surface area contributed by atoms with Crippen molar-refractivity contribution in [2.45, 2.75) is 84.7 Å². The molecule has 0 aliphatic heterocycles. The van der Waals surface area contributed by atoms with Crippen LogP contribution in [0, 0.1) is 34.0 Å². The lowest BCUT2D eigenvalue weighted by Gasteiger charge is -2.67. The fraction of sp³-hybridized carbons (Fsp3) is 0.792. The van der Waals surface area contributed by atoms with Gasteiger partial charge in [0.05, 0.1) is 17.6 Å². The van der Waals surface area contributed by atoms with Gasteiger partial charge < -0.3 is 19.7 Å². The lowest BCUT2D eigenvalue weighted by molar-refractivity contribution is -0.279. The van der Waals surface area contributed by atoms with Crippen LogP contribution in [0.15, 0.2) is 12.2 Å². The highest BCUT2D eigenvalue weighted by Crippen LogP contribution is 2.71. The van der Waals surface area contributed by atoms with Gasteiger partial charge in [0.25, 0.3) is 0 Å². The van der Waals surface area contributed by atoms with Gasteiger partial charge in [-0.05, 0) is 42.6 Å². The van der Waals surface area contributed by atoms with Gasteiger partial charge in [-0.3, -0.25) is 14.4 Å². The summed E-state index contributed by atoms with van der Waals surface area (Å²) in [7, 11) is 0. The van der Waals surface area contributed by atoms with Crippen molar-refractivity contribution in [1.29, 1.82) is 0 Å². The minimum atomic E-state index is -1.52. The van der Waals surface area contributed by atoms with Gasteiger partial charge >= 0.3 is 11.9 Å². The van der Waals surface area contributed by atoms with Crippen LogP contribution in [-0.4, -0.2) is 52.4 Å². The van der Waals surface area contributed by atoms with Crippen LogP contribution in [0.1, 0.15) is 60.3 Å². The van der Waals surface area contributed by atoms with E-state index in [1.54, 1.807) is 0 Å². The zero-order valence-electron chi connectivity index (χ0n) is 19.0. The average molecular weight is 435 g/mol. The fourth-order valence-corrected chi connectivity index (χ4v) is 8.04. The van der Waals surface area contributed by atoms with E-state index in [0.717, 1.165) is 6.42 Å². The number of Topliss-reactive ketones (excluding diaryl/α,β-unsaturated/α-hetero) is 1. The molecular formula is C24H34O7. The van der Waals surface area contributed by atoms with E-state index in [9.17, 15) is 24.6 Å². The fourth-order valence-electron chi connectivity index (χ4n) is 8.04. The second-order valence-electron chi connectivity index (χ2n) is 11.0. The van der Waals surface area contributed by atoms with Gasteiger partial charge in [-0.2, -0.15) is 0 Å². The number of hydrogen-bond donors (Lipinski definition) is 2. The Labute approximate surface area is 183 Å². The highest BCUT2D eigenvalue weighted by Gasteiger charge is 2.78. The maximum atomic E-state index is 13.6. The van der Waals surface area contributed by atoms with Crippen molar-refractivity contribution < 1.29 is 34.1 Å². The predicted molar refractivity (Wildman–Crippen MR) is 111 cm³/mol. The van der Waals surface area contributed by atoms with Gasteiger partial charge in [-0.1, -0.05) is 27.4 Å². The van der Waals surface area contributed by atoms with Crippen molar-refractivity contribution in [1.82, 2.24) is 0 Å². The molecule has 7 heteroatoms. The number of carbonyl (C=O) groups excluding carboxylic acids is 3. The van der Waals surface area contributed by atoms with Gasteiger partial charge in [0, 0.05) is 31.1 Å². The molecule has 1 spiro atoms. The van der Waals surface area contributed by atoms with E-state index >= 15 is 0 Å². The number of hydrogen-bond acceptors (Lipinski definition) is 7. The van der Waals surface area contributed by atoms with E-state index in [1.807, 2.05) is 6.92 Å². The minimum Gasteiger partial charge on any atom is -0.462 e. The Kier molecular flexibility index (Phi) is 4.99. The van der Waals surface area contributed by atoms with Crippen molar-refractivity contribution in [2.75, 3.05) is 0 Å². The molecule has 4 aliphatic carbocycles. The molecule has 0 unspecified atom stereocenters. The average Bonchev–Trinajstić information content (AvgIpc) is 2.76. The SMILES string of the molecule is C=C1C(=O)[C@]23[C@H](O)C[C@@H]4C(C)(C)CC[C@@H](OC(C)=O)[C@@]4(C)[C@@H]2[C@H](OC(C)=O)C[C@@H]1[C@H]3O. The topological polar surface area (TPSA) is 110 Å². The third-order valence-corrected chi connectivity index (χ3v) is 9.12. The number of esters is 2. The first-order valence-corrected chi connectivity index (χ1v) is 11.2. The van der Waals surface area contributed by atoms with E-state index in [-0.39, 0.29) is 29.1 Å². The van der Waals surface area contributed by atoms with E-state index in [1.165, 1.54) is 13.8 Å². The summed E-state index contributed by atoms with van der Waals surface area (Å²) in [5.41, 5.74) is -2.21. The molecule has 0 radical (unpaired) electrons. The molecule has 4 fully saturated rings. The van der Waals surface area contributed by atoms with Crippen LogP contribution in [0.3, 0.4) is 0 Å². The lowest BCUT2D eigenvalue weighted by atomic mass is 9.38. The molecule has 2 N–H and O–H groups in total. The van der Waals surface area contributed by atoms with Gasteiger partial charge in [0.1, 0.15) is 12.2 Å². The molecule has 0 aromatic rings. The summed E-state index contributed by atoms with van der Waals surface area (Å²) in [5, 5.41) is 22.8. The summed E-state index contributed by atoms with van der Waals surface area (Å²) in [6, 6.07) is 0. The molecule has 4 aliphatic rings. The van der Waals surface area contributed by atoms with E-state index in [0.29, 0.717) is 12.8 Å². The predicted octanol–water partition coefficient (Wildman–Crippen LogP) is 2.18. The van der Waals surface area contributed by atoms with Crippen LogP contribution in [-0.2, 0) is 23.9 Å². The second kappa shape index (κ2) is 6.88. The first kappa shape index (κ1) is 22.5. The monoisotopic (exact) mass is 434 g/mol. The van der Waals surface area contributed by atoms with E-state index in [4.69, 9.17) is 9.47 Å². The minimum absolute atomic E-state index is 0.104. The van der Waals surface area contributed by atoms with Gasteiger partial charge in [0.15, 0.2) is 5.78 Å². The lowest BCUT2D eigenvalue weighted by Crippen LogP contribution is -2.73. The smallest absolute Gasteiger partial charge is 0.302 e. The standard InChI is InChI=1S/C24H34O7/c1-11-14-9-15(30-12(2)25)19-23(6)16(10-17(27)24(19,20(11)28)21(14)29)22(4,5)8-7-18(23)31-13(3)26/h14-19,21,27,29H,1,7-10H2,2-6H3/t14-,15+,16+,17+,18+,19-,21+,23-,24-/m0/s1. The summed E-state index contributed by atoms with van der Waals surface area (Å²) < 4.78 is 11.6. The van der Waals surface area contributed by atoms with Gasteiger partial charge in [-0.25, -0.2) is 0 Å². The molecule has 4 saturated carbocycles. The molecule has 31 heavy (non-hydrogen) atoms. The second-order valence-corrected chi connectivity index (χ2v) is 11.0. The first-order chi connectivity index (χ1) is 14.3. The first-order valence-electron chi connectivity index (χ1n) is 11.2. The Morgan fingerprint density at radius 3 is 2.26 bits per heavy atom. The van der Waals surface area contributed by atoms with Crippen LogP contribution >= 0.6 is 0 Å². The number of ketones is 1. The van der Waals surface area contributed by atoms with E-state index < -0.39 is 59.0 Å². The number of ether oxygens (including phenoxy) is 2. The van der Waals surface area contributed by atoms with Crippen molar-refractivity contribution in [3.8, 4) is 0 Å². The number of fused-ring (bicyclic) bond motifs is 3. The summed E-state index contributed by atoms with van der Waals surface area (Å²) >= 11 is 0. The number of aliphatic hydroxyl groups is 2. The maximum Gasteiger partial charge on any atom is 0.302 e. The molecule has 0 saturated heterocycles. The molecule has 4 rings (SSSR count). The Morgan fingerprint density at radius 2 is 1.68 bits per heavy atom. The van der Waals surface area contributed by atoms with Crippen molar-refractivity contribution in [2.24, 2.45) is 34.0 Å². The Bertz CT molecular complexity index is 847. The number of aliphatic hydroxyl groups excluding tert-OH is 2. The Morgan fingerprint density at radius 1 is 1.06 bits per heavy atom. The normalized spacial score (nSPS) is 47.9. The number of carbonyl (C=O) groups is 3. The third-order valence-electron chi connectivity index (χ3n) is 9.12. The molecule has 0 heterocycles. The van der Waals surface area contributed by atoms with Crippen LogP contribution < -0.4 is 0 Å². The van der Waals surface area contributed by atoms with Crippen molar-refractivity contribution in [3.63, 3.8) is 0 Å². The van der Waals surface area contributed by atoms with E-state index in [2.05, 4.69) is 20.4 Å². The summed E-state index contributed by atoms with van der Waals surface area (Å²) in [5.74, 6) is -2.60. The third kappa shape index (κ3) is 2.75. The van der Waals surface area contributed by atoms with Crippen molar-refractivity contribution >= 4 is 17.7 Å². The molecular weight excluding hydrogens is 400 g/mol. The van der Waals surface area contributed by atoms with Gasteiger partial charge in [0.2, 0.25) is 0 Å². The quantitative estimate of drug-likeness (QED) is 0.506. The van der Waals surface area contributed by atoms with Crippen LogP contribution in [0.4, 0.5) is 0 Å². The zero-order valence-corrected chi connectivity index (χ0v) is 19.0. The highest BCUT2D eigenvalue weighted by atomic mass is 16.6. The summed E-state index contributed by atoms with van der Waals surface area (Å²) in [6.07, 6.45) is -1.46.